The summed E-state index contributed by atoms with van der Waals surface area (Å²) < 4.78 is 5.01. The first-order valence-electron chi connectivity index (χ1n) is 5.85. The molecule has 0 fully saturated rings. The standard InChI is InChI=1S/C12H15ClN6O/c1-19(7-8-5-3-4-6-9(8)13)11-15-10(18-14)16-12(17-11)20-2/h3-6H,7,14H2,1-2H3,(H,15,16,17,18). The summed E-state index contributed by atoms with van der Waals surface area (Å²) in [7, 11) is 3.33. The number of aromatic nitrogens is 3. The van der Waals surface area contributed by atoms with E-state index >= 15 is 0 Å². The maximum atomic E-state index is 6.14. The topological polar surface area (TPSA) is 89.2 Å². The number of hydrogen-bond donors (Lipinski definition) is 2. The van der Waals surface area contributed by atoms with Crippen molar-refractivity contribution in [2.24, 2.45) is 5.84 Å². The Labute approximate surface area is 121 Å². The van der Waals surface area contributed by atoms with Gasteiger partial charge < -0.3 is 9.64 Å². The van der Waals surface area contributed by atoms with Crippen LogP contribution in [0.3, 0.4) is 0 Å². The Morgan fingerprint density at radius 1 is 1.30 bits per heavy atom. The van der Waals surface area contributed by atoms with E-state index in [1.807, 2.05) is 36.2 Å². The number of methoxy groups -OCH3 is 1. The Balaban J connectivity index is 2.24. The molecule has 0 saturated carbocycles. The molecule has 3 N–H and O–H groups in total. The van der Waals surface area contributed by atoms with Gasteiger partial charge in [0.15, 0.2) is 0 Å². The van der Waals surface area contributed by atoms with Crippen LogP contribution in [-0.4, -0.2) is 29.1 Å². The number of hydrazine groups is 1. The second-order valence-corrected chi connectivity index (χ2v) is 4.44. The molecule has 0 bridgehead atoms. The summed E-state index contributed by atoms with van der Waals surface area (Å²) in [5.41, 5.74) is 3.35. The highest BCUT2D eigenvalue weighted by atomic mass is 35.5. The molecule has 0 atom stereocenters. The van der Waals surface area contributed by atoms with Crippen molar-refractivity contribution in [3.05, 3.63) is 34.9 Å². The lowest BCUT2D eigenvalue weighted by Gasteiger charge is -2.18. The molecule has 2 rings (SSSR count). The second-order valence-electron chi connectivity index (χ2n) is 4.04. The van der Waals surface area contributed by atoms with Crippen LogP contribution in [0.15, 0.2) is 24.3 Å². The van der Waals surface area contributed by atoms with Gasteiger partial charge in [-0.2, -0.15) is 15.0 Å². The lowest BCUT2D eigenvalue weighted by Crippen LogP contribution is -2.21. The monoisotopic (exact) mass is 294 g/mol. The minimum Gasteiger partial charge on any atom is -0.467 e. The molecule has 1 aromatic carbocycles. The first-order chi connectivity index (χ1) is 9.63. The van der Waals surface area contributed by atoms with E-state index in [4.69, 9.17) is 22.2 Å². The Morgan fingerprint density at radius 2 is 2.05 bits per heavy atom. The van der Waals surface area contributed by atoms with Crippen molar-refractivity contribution in [2.45, 2.75) is 6.54 Å². The average Bonchev–Trinajstić information content (AvgIpc) is 2.48. The van der Waals surface area contributed by atoms with Gasteiger partial charge in [-0.05, 0) is 11.6 Å². The molecule has 0 spiro atoms. The molecule has 0 aliphatic rings. The molecule has 0 aliphatic carbocycles. The third-order valence-electron chi connectivity index (χ3n) is 2.62. The van der Waals surface area contributed by atoms with Crippen molar-refractivity contribution in [3.8, 4) is 6.01 Å². The van der Waals surface area contributed by atoms with Crippen LogP contribution < -0.4 is 20.9 Å². The SMILES string of the molecule is COc1nc(NN)nc(N(C)Cc2ccccc2Cl)n1. The van der Waals surface area contributed by atoms with Gasteiger partial charge in [-0.15, -0.1) is 0 Å². The third-order valence-corrected chi connectivity index (χ3v) is 2.99. The summed E-state index contributed by atoms with van der Waals surface area (Å²) in [5, 5.41) is 0.692. The van der Waals surface area contributed by atoms with Crippen molar-refractivity contribution < 1.29 is 4.74 Å². The van der Waals surface area contributed by atoms with Crippen LogP contribution in [-0.2, 0) is 6.54 Å². The molecule has 0 aliphatic heterocycles. The Bertz CT molecular complexity index is 572. The first-order valence-corrected chi connectivity index (χ1v) is 6.23. The molecule has 7 nitrogen and oxygen atoms in total. The van der Waals surface area contributed by atoms with Crippen LogP contribution in [0.4, 0.5) is 11.9 Å². The normalized spacial score (nSPS) is 10.2. The van der Waals surface area contributed by atoms with Crippen LogP contribution in [0.2, 0.25) is 5.02 Å². The molecule has 0 amide bonds. The smallest absolute Gasteiger partial charge is 0.322 e. The van der Waals surface area contributed by atoms with E-state index in [2.05, 4.69) is 20.4 Å². The highest BCUT2D eigenvalue weighted by Gasteiger charge is 2.11. The van der Waals surface area contributed by atoms with Gasteiger partial charge in [-0.1, -0.05) is 29.8 Å². The molecule has 0 radical (unpaired) electrons. The quantitative estimate of drug-likeness (QED) is 0.637. The van der Waals surface area contributed by atoms with E-state index in [1.54, 1.807) is 0 Å². The van der Waals surface area contributed by atoms with Gasteiger partial charge in [0.25, 0.3) is 0 Å². The molecule has 2 aromatic rings. The fourth-order valence-electron chi connectivity index (χ4n) is 1.63. The number of halogens is 1. The van der Waals surface area contributed by atoms with E-state index in [0.717, 1.165) is 5.56 Å². The van der Waals surface area contributed by atoms with Crippen molar-refractivity contribution in [1.29, 1.82) is 0 Å². The van der Waals surface area contributed by atoms with Gasteiger partial charge in [0.05, 0.1) is 7.11 Å². The fraction of sp³-hybridized carbons (Fsp3) is 0.250. The maximum Gasteiger partial charge on any atom is 0.322 e. The number of nitrogen functional groups attached to an aromatic ring is 1. The summed E-state index contributed by atoms with van der Waals surface area (Å²) >= 11 is 6.14. The number of benzene rings is 1. The highest BCUT2D eigenvalue weighted by molar-refractivity contribution is 6.31. The third kappa shape index (κ3) is 3.25. The fourth-order valence-corrected chi connectivity index (χ4v) is 1.82. The molecule has 8 heteroatoms. The van der Waals surface area contributed by atoms with Crippen LogP contribution in [0.25, 0.3) is 0 Å². The minimum atomic E-state index is 0.189. The van der Waals surface area contributed by atoms with E-state index in [-0.39, 0.29) is 12.0 Å². The summed E-state index contributed by atoms with van der Waals surface area (Å²) in [5.74, 6) is 5.99. The first kappa shape index (κ1) is 14.3. The number of nitrogens with zero attached hydrogens (tertiary/aromatic N) is 4. The van der Waals surface area contributed by atoms with E-state index in [9.17, 15) is 0 Å². The van der Waals surface area contributed by atoms with Gasteiger partial charge in [-0.25, -0.2) is 5.84 Å². The van der Waals surface area contributed by atoms with Gasteiger partial charge >= 0.3 is 6.01 Å². The molecule has 1 heterocycles. The predicted molar refractivity (Wildman–Crippen MR) is 77.7 cm³/mol. The van der Waals surface area contributed by atoms with Gasteiger partial charge in [0, 0.05) is 18.6 Å². The Hall–Kier alpha value is -2.12. The lowest BCUT2D eigenvalue weighted by molar-refractivity contribution is 0.379. The van der Waals surface area contributed by atoms with Gasteiger partial charge in [-0.3, -0.25) is 5.43 Å². The Morgan fingerprint density at radius 3 is 2.70 bits per heavy atom. The highest BCUT2D eigenvalue weighted by Crippen LogP contribution is 2.20. The average molecular weight is 295 g/mol. The number of hydrogen-bond acceptors (Lipinski definition) is 7. The molecule has 20 heavy (non-hydrogen) atoms. The summed E-state index contributed by atoms with van der Waals surface area (Å²) in [6, 6.07) is 7.78. The van der Waals surface area contributed by atoms with E-state index in [0.29, 0.717) is 17.5 Å². The Kier molecular flexibility index (Phi) is 4.54. The van der Waals surface area contributed by atoms with Crippen LogP contribution in [0.5, 0.6) is 6.01 Å². The predicted octanol–water partition coefficient (Wildman–Crippen LogP) is 1.46. The van der Waals surface area contributed by atoms with Crippen molar-refractivity contribution in [3.63, 3.8) is 0 Å². The van der Waals surface area contributed by atoms with Gasteiger partial charge in [0.1, 0.15) is 0 Å². The van der Waals surface area contributed by atoms with Crippen molar-refractivity contribution >= 4 is 23.5 Å². The number of rotatable bonds is 5. The second kappa shape index (κ2) is 6.36. The number of anilines is 2. The van der Waals surface area contributed by atoms with Gasteiger partial charge in [0.2, 0.25) is 11.9 Å². The summed E-state index contributed by atoms with van der Waals surface area (Å²) in [4.78, 5) is 14.1. The van der Waals surface area contributed by atoms with Crippen molar-refractivity contribution in [2.75, 3.05) is 24.5 Å². The zero-order valence-corrected chi connectivity index (χ0v) is 11.9. The largest absolute Gasteiger partial charge is 0.467 e. The lowest BCUT2D eigenvalue weighted by atomic mass is 10.2. The van der Waals surface area contributed by atoms with Crippen LogP contribution in [0.1, 0.15) is 5.56 Å². The van der Waals surface area contributed by atoms with E-state index in [1.165, 1.54) is 7.11 Å². The van der Waals surface area contributed by atoms with Crippen molar-refractivity contribution in [1.82, 2.24) is 15.0 Å². The minimum absolute atomic E-state index is 0.189. The molecule has 106 valence electrons. The van der Waals surface area contributed by atoms with E-state index < -0.39 is 0 Å². The maximum absolute atomic E-state index is 6.14. The summed E-state index contributed by atoms with van der Waals surface area (Å²) in [6.07, 6.45) is 0. The molecular weight excluding hydrogens is 280 g/mol. The number of ether oxygens (including phenoxy) is 1. The number of nitrogens with two attached hydrogens (primary N) is 1. The van der Waals surface area contributed by atoms with Crippen LogP contribution >= 0.6 is 11.6 Å². The molecule has 0 saturated heterocycles. The molecular formula is C12H15ClN6O. The number of nitrogens with one attached hydrogen (secondary N) is 1. The molecule has 1 aromatic heterocycles. The summed E-state index contributed by atoms with van der Waals surface area (Å²) in [6.45, 7) is 0.552. The van der Waals surface area contributed by atoms with Crippen LogP contribution in [0, 0.1) is 0 Å². The molecule has 0 unspecified atom stereocenters. The zero-order valence-electron chi connectivity index (χ0n) is 11.2. The zero-order chi connectivity index (χ0) is 14.5.